The van der Waals surface area contributed by atoms with E-state index in [1.807, 2.05) is 0 Å². The first-order valence-electron chi connectivity index (χ1n) is 1.83. The van der Waals surface area contributed by atoms with E-state index in [-0.39, 0.29) is 29.6 Å². The fraction of sp³-hybridized carbons (Fsp3) is 1.00. The number of halogens is 1. The molecule has 0 rings (SSSR count). The van der Waals surface area contributed by atoms with E-state index in [1.54, 1.807) is 0 Å². The maximum atomic E-state index is 10.9. The summed E-state index contributed by atoms with van der Waals surface area (Å²) in [7, 11) is -4.24. The molecule has 0 aromatic heterocycles. The predicted octanol–water partition coefficient (Wildman–Crippen LogP) is -3.99. The molecule has 0 spiro atoms. The van der Waals surface area contributed by atoms with Crippen molar-refractivity contribution in [3.8, 4) is 0 Å². The molecule has 0 heterocycles. The monoisotopic (exact) mass is 165 g/mol. The average Bonchev–Trinajstić information content (AvgIpc) is 1.59. The second-order valence-electron chi connectivity index (χ2n) is 1.15. The Balaban J connectivity index is 0. The minimum atomic E-state index is -4.24. The first kappa shape index (κ1) is 12.5. The molecular formula is C2H5FNNaO3S. The van der Waals surface area contributed by atoms with Crippen molar-refractivity contribution < 1.29 is 47.0 Å². The maximum absolute atomic E-state index is 10.9. The van der Waals surface area contributed by atoms with E-state index in [4.69, 9.17) is 0 Å². The van der Waals surface area contributed by atoms with Crippen LogP contribution in [0, 0.1) is 0 Å². The topological polar surface area (TPSA) is 69.2 Å². The first-order chi connectivity index (χ1) is 3.56. The van der Waals surface area contributed by atoms with Crippen LogP contribution < -0.4 is 35.1 Å². The van der Waals surface area contributed by atoms with E-state index in [2.05, 4.69) is 0 Å². The Bertz CT molecular complexity index is 146. The molecule has 0 aliphatic carbocycles. The zero-order chi connectivity index (χ0) is 6.62. The van der Waals surface area contributed by atoms with Gasteiger partial charge in [-0.1, -0.05) is 0 Å². The molecule has 0 aliphatic heterocycles. The molecule has 0 aliphatic rings. The van der Waals surface area contributed by atoms with Gasteiger partial charge in [-0.05, 0) is 0 Å². The summed E-state index contributed by atoms with van der Waals surface area (Å²) in [6, 6.07) is 0. The summed E-state index contributed by atoms with van der Waals surface area (Å²) >= 11 is 0. The van der Waals surface area contributed by atoms with Gasteiger partial charge in [-0.25, -0.2) is 8.42 Å². The predicted molar refractivity (Wildman–Crippen MR) is 23.7 cm³/mol. The number of hydrogen-bond acceptors (Lipinski definition) is 4. The fourth-order valence-electron chi connectivity index (χ4n) is 0.164. The third kappa shape index (κ3) is 12.1. The molecule has 0 amide bonds. The summed E-state index contributed by atoms with van der Waals surface area (Å²) in [6.45, 7) is -0.439. The molecule has 50 valence electrons. The van der Waals surface area contributed by atoms with Gasteiger partial charge in [0.05, 0.1) is 15.9 Å². The van der Waals surface area contributed by atoms with Gasteiger partial charge in [0.2, 0.25) is 0 Å². The molecule has 0 bridgehead atoms. The summed E-state index contributed by atoms with van der Waals surface area (Å²) in [5, 5.41) is 0. The van der Waals surface area contributed by atoms with E-state index >= 15 is 0 Å². The van der Waals surface area contributed by atoms with Crippen LogP contribution in [0.25, 0.3) is 0 Å². The normalized spacial score (nSPS) is 10.4. The Kier molecular flexibility index (Phi) is 7.73. The van der Waals surface area contributed by atoms with Gasteiger partial charge < -0.3 is 4.55 Å². The summed E-state index contributed by atoms with van der Waals surface area (Å²) in [6.07, 6.45) is 0. The van der Waals surface area contributed by atoms with E-state index < -0.39 is 22.4 Å². The molecule has 0 atom stereocenters. The van der Waals surface area contributed by atoms with Gasteiger partial charge in [0.15, 0.2) is 0 Å². The van der Waals surface area contributed by atoms with Crippen LogP contribution in [0.5, 0.6) is 0 Å². The molecule has 0 radical (unpaired) electrons. The zero-order valence-electron chi connectivity index (χ0n) is 4.93. The van der Waals surface area contributed by atoms with Gasteiger partial charge in [-0.3, -0.25) is 0 Å². The molecule has 0 saturated carbocycles. The van der Waals surface area contributed by atoms with Gasteiger partial charge in [0, 0.05) is 6.54 Å². The molecule has 0 aromatic carbocycles. The third-order valence-electron chi connectivity index (χ3n) is 0.447. The van der Waals surface area contributed by atoms with Gasteiger partial charge >= 0.3 is 29.6 Å². The van der Waals surface area contributed by atoms with Crippen LogP contribution >= 0.6 is 0 Å². The van der Waals surface area contributed by atoms with Crippen LogP contribution in [0.3, 0.4) is 0 Å². The van der Waals surface area contributed by atoms with Crippen molar-refractivity contribution >= 4 is 10.1 Å². The molecule has 0 fully saturated rings. The summed E-state index contributed by atoms with van der Waals surface area (Å²) in [4.78, 5) is 0. The van der Waals surface area contributed by atoms with E-state index in [0.29, 0.717) is 0 Å². The van der Waals surface area contributed by atoms with Crippen molar-refractivity contribution in [2.24, 2.45) is 0 Å². The molecule has 9 heavy (non-hydrogen) atoms. The Morgan fingerprint density at radius 1 is 1.56 bits per heavy atom. The summed E-state index contributed by atoms with van der Waals surface area (Å²) in [5.41, 5.74) is 1.05. The molecule has 4 nitrogen and oxygen atoms in total. The van der Waals surface area contributed by atoms with Crippen molar-refractivity contribution in [2.45, 2.75) is 0 Å². The molecular weight excluding hydrogens is 160 g/mol. The van der Waals surface area contributed by atoms with Crippen LogP contribution in [0.2, 0.25) is 0 Å². The fourth-order valence-corrected chi connectivity index (χ4v) is 0.491. The molecule has 0 saturated heterocycles. The van der Waals surface area contributed by atoms with E-state index in [0.717, 1.165) is 5.54 Å². The van der Waals surface area contributed by atoms with Crippen molar-refractivity contribution in [3.63, 3.8) is 0 Å². The van der Waals surface area contributed by atoms with Crippen LogP contribution in [0.4, 0.5) is 4.48 Å². The SMILES string of the molecule is O=S(=O)([O-])CCNF.[Na+]. The van der Waals surface area contributed by atoms with Gasteiger partial charge in [-0.2, -0.15) is 5.54 Å². The number of hydrogen-bond donors (Lipinski definition) is 1. The van der Waals surface area contributed by atoms with Crippen molar-refractivity contribution in [1.82, 2.24) is 5.54 Å². The van der Waals surface area contributed by atoms with Crippen LogP contribution in [0.15, 0.2) is 0 Å². The van der Waals surface area contributed by atoms with Crippen molar-refractivity contribution in [1.29, 1.82) is 0 Å². The second kappa shape index (κ2) is 5.57. The third-order valence-corrected chi connectivity index (χ3v) is 1.15. The Morgan fingerprint density at radius 2 is 2.00 bits per heavy atom. The molecule has 1 N–H and O–H groups in total. The van der Waals surface area contributed by atoms with Gasteiger partial charge in [0.1, 0.15) is 0 Å². The quantitative estimate of drug-likeness (QED) is 0.263. The Labute approximate surface area is 74.8 Å². The second-order valence-corrected chi connectivity index (χ2v) is 2.67. The minimum absolute atomic E-state index is 0. The molecule has 0 unspecified atom stereocenters. The van der Waals surface area contributed by atoms with Crippen molar-refractivity contribution in [3.05, 3.63) is 0 Å². The van der Waals surface area contributed by atoms with E-state index in [1.165, 1.54) is 0 Å². The number of nitrogens with one attached hydrogen (secondary N) is 1. The molecule has 7 heteroatoms. The number of rotatable bonds is 3. The Morgan fingerprint density at radius 3 is 2.11 bits per heavy atom. The van der Waals surface area contributed by atoms with Crippen LogP contribution in [-0.4, -0.2) is 25.3 Å². The smallest absolute Gasteiger partial charge is 0.748 e. The summed E-state index contributed by atoms with van der Waals surface area (Å²) < 4.78 is 39.8. The van der Waals surface area contributed by atoms with Crippen LogP contribution in [-0.2, 0) is 10.1 Å². The summed E-state index contributed by atoms with van der Waals surface area (Å²) in [5.74, 6) is -0.705. The minimum Gasteiger partial charge on any atom is -0.748 e. The van der Waals surface area contributed by atoms with Crippen molar-refractivity contribution in [2.75, 3.05) is 12.3 Å². The molecule has 0 aromatic rings. The average molecular weight is 165 g/mol. The zero-order valence-corrected chi connectivity index (χ0v) is 7.74. The van der Waals surface area contributed by atoms with E-state index in [9.17, 15) is 17.5 Å². The van der Waals surface area contributed by atoms with Gasteiger partial charge in [0.25, 0.3) is 0 Å². The first-order valence-corrected chi connectivity index (χ1v) is 3.41. The maximum Gasteiger partial charge on any atom is 1.00 e. The Hall–Kier alpha value is 0.800. The standard InChI is InChI=1S/C2H6FNO3S.Na/c3-4-1-2-8(5,6)7;/h4H,1-2H2,(H,5,6,7);/q;+1/p-1. The largest absolute Gasteiger partial charge is 1.00 e. The van der Waals surface area contributed by atoms with Gasteiger partial charge in [-0.15, -0.1) is 4.48 Å². The van der Waals surface area contributed by atoms with Crippen LogP contribution in [0.1, 0.15) is 0 Å².